The van der Waals surface area contributed by atoms with Crippen LogP contribution in [0.2, 0.25) is 0 Å². The summed E-state index contributed by atoms with van der Waals surface area (Å²) >= 11 is 0. The van der Waals surface area contributed by atoms with Gasteiger partial charge in [0.05, 0.1) is 0 Å². The molecule has 0 spiro atoms. The van der Waals surface area contributed by atoms with Crippen molar-refractivity contribution in [3.8, 4) is 0 Å². The molecule has 6 nitrogen and oxygen atoms in total. The van der Waals surface area contributed by atoms with Gasteiger partial charge in [-0.1, -0.05) is 72.8 Å². The largest absolute Gasteiger partial charge is 0.490 e. The molecule has 0 aliphatic carbocycles. The number of hydrogen-bond donors (Lipinski definition) is 6. The Kier molecular flexibility index (Phi) is 5.20. The van der Waals surface area contributed by atoms with Gasteiger partial charge >= 0.3 is 14.2 Å². The van der Waals surface area contributed by atoms with Crippen molar-refractivity contribution in [3.05, 3.63) is 84.9 Å². The Morgan fingerprint density at radius 1 is 0.438 bits per heavy atom. The SMILES string of the molecule is OB(O)c1cccc2c1[nH]c1ccccc12.OB(O)c1cccc2c1[nH]c1ccccc12. The highest BCUT2D eigenvalue weighted by Crippen LogP contribution is 2.24. The highest BCUT2D eigenvalue weighted by Gasteiger charge is 2.17. The van der Waals surface area contributed by atoms with E-state index in [1.165, 1.54) is 0 Å². The fraction of sp³-hybridized carbons (Fsp3) is 0. The summed E-state index contributed by atoms with van der Waals surface area (Å²) in [5.74, 6) is 0. The molecule has 0 saturated heterocycles. The second kappa shape index (κ2) is 8.18. The van der Waals surface area contributed by atoms with Crippen molar-refractivity contribution >= 4 is 68.8 Å². The lowest BCUT2D eigenvalue weighted by Crippen LogP contribution is -2.30. The molecule has 6 rings (SSSR count). The van der Waals surface area contributed by atoms with Gasteiger partial charge in [0, 0.05) is 54.5 Å². The van der Waals surface area contributed by atoms with Crippen LogP contribution in [0.1, 0.15) is 0 Å². The van der Waals surface area contributed by atoms with E-state index in [0.29, 0.717) is 10.9 Å². The van der Waals surface area contributed by atoms with Gasteiger partial charge in [-0.05, 0) is 12.1 Å². The first kappa shape index (κ1) is 20.4. The second-order valence-electron chi connectivity index (χ2n) is 7.63. The van der Waals surface area contributed by atoms with Crippen molar-refractivity contribution in [1.82, 2.24) is 9.97 Å². The van der Waals surface area contributed by atoms with Crippen molar-refractivity contribution < 1.29 is 20.1 Å². The van der Waals surface area contributed by atoms with E-state index < -0.39 is 14.2 Å². The molecule has 32 heavy (non-hydrogen) atoms. The number of rotatable bonds is 2. The summed E-state index contributed by atoms with van der Waals surface area (Å²) in [6.45, 7) is 0. The Morgan fingerprint density at radius 2 is 0.812 bits per heavy atom. The van der Waals surface area contributed by atoms with Crippen molar-refractivity contribution in [3.63, 3.8) is 0 Å². The molecule has 0 aliphatic rings. The van der Waals surface area contributed by atoms with E-state index in [1.807, 2.05) is 72.8 Å². The quantitative estimate of drug-likeness (QED) is 0.240. The first-order valence-electron chi connectivity index (χ1n) is 10.3. The van der Waals surface area contributed by atoms with E-state index in [2.05, 4.69) is 9.97 Å². The Hall–Kier alpha value is -3.55. The first-order valence-corrected chi connectivity index (χ1v) is 10.3. The lowest BCUT2D eigenvalue weighted by molar-refractivity contribution is 0.425. The number of aromatic nitrogens is 2. The van der Waals surface area contributed by atoms with Crippen LogP contribution in [0.3, 0.4) is 0 Å². The minimum atomic E-state index is -1.45. The van der Waals surface area contributed by atoms with Crippen LogP contribution in [0.5, 0.6) is 0 Å². The van der Waals surface area contributed by atoms with Gasteiger partial charge in [-0.15, -0.1) is 0 Å². The summed E-state index contributed by atoms with van der Waals surface area (Å²) in [6.07, 6.45) is 0. The Morgan fingerprint density at radius 3 is 1.22 bits per heavy atom. The third-order valence-electron chi connectivity index (χ3n) is 5.70. The highest BCUT2D eigenvalue weighted by molar-refractivity contribution is 6.62. The smallest absolute Gasteiger partial charge is 0.423 e. The average Bonchev–Trinajstić information content (AvgIpc) is 3.37. The summed E-state index contributed by atoms with van der Waals surface area (Å²) < 4.78 is 0. The number of para-hydroxylation sites is 4. The van der Waals surface area contributed by atoms with Crippen molar-refractivity contribution in [2.24, 2.45) is 0 Å². The van der Waals surface area contributed by atoms with Gasteiger partial charge < -0.3 is 30.1 Å². The highest BCUT2D eigenvalue weighted by atomic mass is 16.4. The van der Waals surface area contributed by atoms with Crippen molar-refractivity contribution in [1.29, 1.82) is 0 Å². The van der Waals surface area contributed by atoms with Crippen LogP contribution in [0.15, 0.2) is 84.9 Å². The zero-order chi connectivity index (χ0) is 22.2. The third-order valence-corrected chi connectivity index (χ3v) is 5.70. The number of hydrogen-bond acceptors (Lipinski definition) is 4. The van der Waals surface area contributed by atoms with E-state index >= 15 is 0 Å². The van der Waals surface area contributed by atoms with Gasteiger partial charge in [-0.3, -0.25) is 0 Å². The Bertz CT molecular complexity index is 1440. The van der Waals surface area contributed by atoms with Gasteiger partial charge in [0.15, 0.2) is 0 Å². The number of benzene rings is 4. The molecule has 0 unspecified atom stereocenters. The topological polar surface area (TPSA) is 112 Å². The fourth-order valence-electron chi connectivity index (χ4n) is 4.22. The maximum absolute atomic E-state index is 9.28. The van der Waals surface area contributed by atoms with Crippen LogP contribution in [0.4, 0.5) is 0 Å². The molecule has 4 aromatic carbocycles. The molecule has 2 aromatic heterocycles. The predicted molar refractivity (Wildman–Crippen MR) is 131 cm³/mol. The second-order valence-corrected chi connectivity index (χ2v) is 7.63. The van der Waals surface area contributed by atoms with Crippen molar-refractivity contribution in [2.45, 2.75) is 0 Å². The summed E-state index contributed by atoms with van der Waals surface area (Å²) in [5, 5.41) is 41.4. The fourth-order valence-corrected chi connectivity index (χ4v) is 4.22. The molecule has 0 radical (unpaired) electrons. The number of H-pyrrole nitrogens is 2. The molecule has 2 heterocycles. The number of fused-ring (bicyclic) bond motifs is 6. The molecular weight excluding hydrogens is 402 g/mol. The molecule has 0 aliphatic heterocycles. The molecule has 6 N–H and O–H groups in total. The van der Waals surface area contributed by atoms with Crippen LogP contribution in [-0.2, 0) is 0 Å². The first-order chi connectivity index (χ1) is 15.5. The molecule has 0 fully saturated rings. The van der Waals surface area contributed by atoms with Gasteiger partial charge in [0.1, 0.15) is 0 Å². The van der Waals surface area contributed by atoms with E-state index in [-0.39, 0.29) is 0 Å². The summed E-state index contributed by atoms with van der Waals surface area (Å²) in [5.41, 5.74) is 4.61. The Balaban J connectivity index is 0.000000135. The number of aromatic amines is 2. The third kappa shape index (κ3) is 3.45. The zero-order valence-corrected chi connectivity index (χ0v) is 17.0. The minimum absolute atomic E-state index is 0.508. The molecule has 0 amide bonds. The van der Waals surface area contributed by atoms with Gasteiger partial charge in [-0.25, -0.2) is 0 Å². The van der Waals surface area contributed by atoms with E-state index in [1.54, 1.807) is 12.1 Å². The van der Waals surface area contributed by atoms with Crippen LogP contribution in [-0.4, -0.2) is 44.3 Å². The molecule has 0 bridgehead atoms. The molecule has 156 valence electrons. The van der Waals surface area contributed by atoms with Gasteiger partial charge in [-0.2, -0.15) is 0 Å². The van der Waals surface area contributed by atoms with Crippen molar-refractivity contribution in [2.75, 3.05) is 0 Å². The van der Waals surface area contributed by atoms with Crippen LogP contribution in [0, 0.1) is 0 Å². The number of nitrogens with one attached hydrogen (secondary N) is 2. The zero-order valence-electron chi connectivity index (χ0n) is 17.0. The molecular formula is C24H20B2N2O4. The average molecular weight is 422 g/mol. The van der Waals surface area contributed by atoms with E-state index in [4.69, 9.17) is 0 Å². The molecule has 6 aromatic rings. The van der Waals surface area contributed by atoms with Crippen LogP contribution in [0.25, 0.3) is 43.6 Å². The maximum atomic E-state index is 9.28. The Labute approximate surface area is 184 Å². The standard InChI is InChI=1S/2C12H10BNO2/c2*15-13(16)10-6-3-5-9-8-4-1-2-7-11(8)14-12(9)10/h2*1-7,14-16H. The molecule has 8 heteroatoms. The molecule has 0 saturated carbocycles. The normalized spacial score (nSPS) is 11.1. The van der Waals surface area contributed by atoms with E-state index in [0.717, 1.165) is 43.6 Å². The van der Waals surface area contributed by atoms with Crippen LogP contribution >= 0.6 is 0 Å². The van der Waals surface area contributed by atoms with Crippen LogP contribution < -0.4 is 10.9 Å². The van der Waals surface area contributed by atoms with E-state index in [9.17, 15) is 20.1 Å². The lowest BCUT2D eigenvalue weighted by atomic mass is 9.79. The minimum Gasteiger partial charge on any atom is -0.423 e. The summed E-state index contributed by atoms with van der Waals surface area (Å²) in [4.78, 5) is 6.42. The summed E-state index contributed by atoms with van der Waals surface area (Å²) in [7, 11) is -2.89. The predicted octanol–water partition coefficient (Wildman–Crippen LogP) is 2.00. The summed E-state index contributed by atoms with van der Waals surface area (Å²) in [6, 6.07) is 26.9. The van der Waals surface area contributed by atoms with Gasteiger partial charge in [0.2, 0.25) is 0 Å². The lowest BCUT2D eigenvalue weighted by Gasteiger charge is -2.00. The molecule has 0 atom stereocenters. The monoisotopic (exact) mass is 422 g/mol. The maximum Gasteiger partial charge on any atom is 0.490 e. The van der Waals surface area contributed by atoms with Gasteiger partial charge in [0.25, 0.3) is 0 Å².